The summed E-state index contributed by atoms with van der Waals surface area (Å²) < 4.78 is 31.6. The number of ether oxygens (including phenoxy) is 1. The monoisotopic (exact) mass is 333 g/mol. The second kappa shape index (κ2) is 6.85. The SMILES string of the molecule is COc1ccc(C(CN=[N+]=[N-])=C(F)B2OC(C)(C)C(C)(C)O2)cc1. The van der Waals surface area contributed by atoms with Gasteiger partial charge in [-0.05, 0) is 56.5 Å². The van der Waals surface area contributed by atoms with Gasteiger partial charge in [-0.2, -0.15) is 0 Å². The average Bonchev–Trinajstić information content (AvgIpc) is 2.76. The van der Waals surface area contributed by atoms with E-state index in [0.29, 0.717) is 11.3 Å². The third-order valence-corrected chi connectivity index (χ3v) is 4.48. The van der Waals surface area contributed by atoms with Crippen LogP contribution in [-0.2, 0) is 9.31 Å². The molecule has 1 fully saturated rings. The Bertz CT molecular complexity index is 666. The van der Waals surface area contributed by atoms with E-state index < -0.39 is 24.0 Å². The van der Waals surface area contributed by atoms with Gasteiger partial charge in [-0.1, -0.05) is 17.2 Å². The third-order valence-electron chi connectivity index (χ3n) is 4.48. The van der Waals surface area contributed by atoms with Gasteiger partial charge in [0.2, 0.25) is 0 Å². The molecular weight excluding hydrogens is 312 g/mol. The largest absolute Gasteiger partial charge is 0.525 e. The Morgan fingerprint density at radius 3 is 2.21 bits per heavy atom. The lowest BCUT2D eigenvalue weighted by Gasteiger charge is -2.32. The maximum atomic E-state index is 15.1. The summed E-state index contributed by atoms with van der Waals surface area (Å²) in [4.78, 5) is 2.72. The highest BCUT2D eigenvalue weighted by Gasteiger charge is 2.53. The van der Waals surface area contributed by atoms with E-state index in [4.69, 9.17) is 19.6 Å². The minimum absolute atomic E-state index is 0.140. The molecule has 6 nitrogen and oxygen atoms in total. The Balaban J connectivity index is 2.41. The number of benzene rings is 1. The molecule has 0 bridgehead atoms. The number of nitrogens with zero attached hydrogens (tertiary/aromatic N) is 3. The lowest BCUT2D eigenvalue weighted by atomic mass is 9.82. The molecule has 2 rings (SSSR count). The molecule has 1 aromatic rings. The van der Waals surface area contributed by atoms with Crippen LogP contribution in [0.15, 0.2) is 35.1 Å². The standard InChI is InChI=1S/C16H21BFN3O3/c1-15(2)16(3,4)24-17(23-15)14(18)13(10-20-21-19)11-6-8-12(22-5)9-7-11/h6-9H,10H2,1-5H3. The van der Waals surface area contributed by atoms with Crippen molar-refractivity contribution in [3.8, 4) is 5.75 Å². The molecule has 8 heteroatoms. The summed E-state index contributed by atoms with van der Waals surface area (Å²) in [6.45, 7) is 7.25. The minimum atomic E-state index is -1.14. The number of hydrogen-bond acceptors (Lipinski definition) is 4. The number of azide groups is 1. The first-order chi connectivity index (χ1) is 11.2. The van der Waals surface area contributed by atoms with Gasteiger partial charge >= 0.3 is 7.12 Å². The van der Waals surface area contributed by atoms with E-state index in [-0.39, 0.29) is 12.1 Å². The lowest BCUT2D eigenvalue weighted by Crippen LogP contribution is -2.41. The van der Waals surface area contributed by atoms with Crippen LogP contribution in [0.5, 0.6) is 5.75 Å². The van der Waals surface area contributed by atoms with Gasteiger partial charge in [0.05, 0.1) is 24.9 Å². The van der Waals surface area contributed by atoms with Crippen LogP contribution in [0.4, 0.5) is 4.39 Å². The van der Waals surface area contributed by atoms with Crippen molar-refractivity contribution in [2.45, 2.75) is 38.9 Å². The fourth-order valence-electron chi connectivity index (χ4n) is 2.29. The third kappa shape index (κ3) is 3.56. The van der Waals surface area contributed by atoms with Crippen LogP contribution >= 0.6 is 0 Å². The first kappa shape index (κ1) is 18.3. The quantitative estimate of drug-likeness (QED) is 0.348. The van der Waals surface area contributed by atoms with E-state index in [0.717, 1.165) is 0 Å². The Morgan fingerprint density at radius 2 is 1.75 bits per heavy atom. The fourth-order valence-corrected chi connectivity index (χ4v) is 2.29. The highest BCUT2D eigenvalue weighted by atomic mass is 19.1. The van der Waals surface area contributed by atoms with Gasteiger partial charge in [-0.15, -0.1) is 0 Å². The molecule has 0 spiro atoms. The number of halogens is 1. The number of hydrogen-bond donors (Lipinski definition) is 0. The predicted octanol–water partition coefficient (Wildman–Crippen LogP) is 4.32. The molecule has 0 amide bonds. The second-order valence-electron chi connectivity index (χ2n) is 6.53. The maximum absolute atomic E-state index is 15.1. The molecule has 0 radical (unpaired) electrons. The Labute approximate surface area is 141 Å². The van der Waals surface area contributed by atoms with Crippen molar-refractivity contribution in [1.29, 1.82) is 0 Å². The molecule has 128 valence electrons. The van der Waals surface area contributed by atoms with E-state index in [1.807, 2.05) is 27.7 Å². The van der Waals surface area contributed by atoms with Crippen molar-refractivity contribution in [2.75, 3.05) is 13.7 Å². The molecule has 24 heavy (non-hydrogen) atoms. The van der Waals surface area contributed by atoms with Gasteiger partial charge in [0.25, 0.3) is 0 Å². The molecule has 1 aromatic carbocycles. The number of rotatable bonds is 5. The minimum Gasteiger partial charge on any atom is -0.497 e. The highest BCUT2D eigenvalue weighted by Crippen LogP contribution is 2.40. The van der Waals surface area contributed by atoms with Crippen molar-refractivity contribution in [2.24, 2.45) is 5.11 Å². The summed E-state index contributed by atoms with van der Waals surface area (Å²) >= 11 is 0. The Hall–Kier alpha value is -2.02. The normalized spacial score (nSPS) is 19.5. The van der Waals surface area contributed by atoms with Crippen molar-refractivity contribution in [3.05, 3.63) is 46.0 Å². The lowest BCUT2D eigenvalue weighted by molar-refractivity contribution is 0.00578. The van der Waals surface area contributed by atoms with E-state index in [1.165, 1.54) is 0 Å². The molecule has 1 saturated heterocycles. The van der Waals surface area contributed by atoms with Gasteiger partial charge in [0, 0.05) is 4.91 Å². The summed E-state index contributed by atoms with van der Waals surface area (Å²) in [7, 11) is 0.414. The van der Waals surface area contributed by atoms with Gasteiger partial charge in [0.1, 0.15) is 11.5 Å². The smallest absolute Gasteiger partial charge is 0.497 e. The molecule has 0 atom stereocenters. The van der Waals surface area contributed by atoms with Crippen LogP contribution in [0.3, 0.4) is 0 Å². The van der Waals surface area contributed by atoms with E-state index in [2.05, 4.69) is 10.0 Å². The summed E-state index contributed by atoms with van der Waals surface area (Å²) in [5, 5.41) is 3.50. The maximum Gasteiger partial charge on any atom is 0.525 e. The van der Waals surface area contributed by atoms with Crippen LogP contribution < -0.4 is 4.74 Å². The van der Waals surface area contributed by atoms with Crippen LogP contribution in [0.25, 0.3) is 16.0 Å². The van der Waals surface area contributed by atoms with E-state index >= 15 is 4.39 Å². The first-order valence-corrected chi connectivity index (χ1v) is 7.61. The van der Waals surface area contributed by atoms with Crippen LogP contribution in [0, 0.1) is 0 Å². The van der Waals surface area contributed by atoms with Crippen LogP contribution in [-0.4, -0.2) is 32.0 Å². The molecule has 1 heterocycles. The van der Waals surface area contributed by atoms with Gasteiger partial charge in [0.15, 0.2) is 0 Å². The second-order valence-corrected chi connectivity index (χ2v) is 6.53. The van der Waals surface area contributed by atoms with Crippen molar-refractivity contribution < 1.29 is 18.4 Å². The summed E-state index contributed by atoms with van der Waals surface area (Å²) in [5.74, 6) is 0.651. The average molecular weight is 333 g/mol. The predicted molar refractivity (Wildman–Crippen MR) is 91.1 cm³/mol. The van der Waals surface area contributed by atoms with Gasteiger partial charge < -0.3 is 14.0 Å². The van der Waals surface area contributed by atoms with Crippen molar-refractivity contribution >= 4 is 12.7 Å². The molecule has 0 unspecified atom stereocenters. The zero-order valence-electron chi connectivity index (χ0n) is 14.5. The van der Waals surface area contributed by atoms with Crippen LogP contribution in [0.2, 0.25) is 0 Å². The topological polar surface area (TPSA) is 76.5 Å². The number of methoxy groups -OCH3 is 1. The Kier molecular flexibility index (Phi) is 5.23. The van der Waals surface area contributed by atoms with E-state index in [1.54, 1.807) is 31.4 Å². The first-order valence-electron chi connectivity index (χ1n) is 7.61. The summed E-state index contributed by atoms with van der Waals surface area (Å²) in [6.07, 6.45) is 0. The molecular formula is C16H21BFN3O3. The molecule has 0 saturated carbocycles. The summed E-state index contributed by atoms with van der Waals surface area (Å²) in [6, 6.07) is 6.82. The highest BCUT2D eigenvalue weighted by molar-refractivity contribution is 6.55. The zero-order valence-corrected chi connectivity index (χ0v) is 14.5. The molecule has 0 aliphatic carbocycles. The molecule has 1 aliphatic rings. The zero-order chi connectivity index (χ0) is 18.0. The fraction of sp³-hybridized carbons (Fsp3) is 0.500. The van der Waals surface area contributed by atoms with E-state index in [9.17, 15) is 0 Å². The summed E-state index contributed by atoms with van der Waals surface area (Å²) in [5.41, 5.74) is 7.50. The van der Waals surface area contributed by atoms with Gasteiger partial charge in [-0.3, -0.25) is 0 Å². The van der Waals surface area contributed by atoms with Crippen LogP contribution in [0.1, 0.15) is 33.3 Å². The van der Waals surface area contributed by atoms with Gasteiger partial charge in [-0.25, -0.2) is 4.39 Å². The van der Waals surface area contributed by atoms with Crippen molar-refractivity contribution in [1.82, 2.24) is 0 Å². The van der Waals surface area contributed by atoms with Crippen molar-refractivity contribution in [3.63, 3.8) is 0 Å². The molecule has 0 N–H and O–H groups in total. The Morgan fingerprint density at radius 1 is 1.21 bits per heavy atom. The molecule has 0 aromatic heterocycles. The molecule has 1 aliphatic heterocycles.